The van der Waals surface area contributed by atoms with Crippen molar-refractivity contribution in [2.75, 3.05) is 5.32 Å². The lowest BCUT2D eigenvalue weighted by molar-refractivity contribution is -0.121. The molecule has 3 amide bonds. The topological polar surface area (TPSA) is 110 Å². The summed E-state index contributed by atoms with van der Waals surface area (Å²) in [5.74, 6) is 1.13. The van der Waals surface area contributed by atoms with Gasteiger partial charge in [-0.1, -0.05) is 42.5 Å². The molecule has 0 bridgehead atoms. The zero-order chi connectivity index (χ0) is 19.9. The molecule has 1 aromatic heterocycles. The molecule has 2 aromatic carbocycles. The molecule has 0 radical (unpaired) electrons. The maximum atomic E-state index is 12.2. The SMILES string of the molecule is C[C@H](NC(=O)CCc1ncc(-c2ccccc2)o1)c1ccc(NC(N)=O)cc1. The normalized spacial score (nSPS) is 11.6. The van der Waals surface area contributed by atoms with Crippen LogP contribution in [-0.4, -0.2) is 16.9 Å². The predicted octanol–water partition coefficient (Wildman–Crippen LogP) is 3.64. The number of nitrogens with two attached hydrogens (primary N) is 1. The Kier molecular flexibility index (Phi) is 6.06. The van der Waals surface area contributed by atoms with E-state index in [0.29, 0.717) is 23.8 Å². The molecule has 0 saturated heterocycles. The number of carbonyl (C=O) groups is 2. The predicted molar refractivity (Wildman–Crippen MR) is 106 cm³/mol. The van der Waals surface area contributed by atoms with Gasteiger partial charge in [-0.3, -0.25) is 4.79 Å². The Hall–Kier alpha value is -3.61. The van der Waals surface area contributed by atoms with Gasteiger partial charge in [0.1, 0.15) is 0 Å². The molecule has 1 heterocycles. The van der Waals surface area contributed by atoms with Crippen molar-refractivity contribution in [3.05, 3.63) is 72.2 Å². The number of aryl methyl sites for hydroxylation is 1. The van der Waals surface area contributed by atoms with E-state index < -0.39 is 6.03 Å². The van der Waals surface area contributed by atoms with Crippen LogP contribution in [0.4, 0.5) is 10.5 Å². The van der Waals surface area contributed by atoms with Crippen molar-refractivity contribution in [2.24, 2.45) is 5.73 Å². The second-order valence-corrected chi connectivity index (χ2v) is 6.38. The molecule has 3 aromatic rings. The highest BCUT2D eigenvalue weighted by Gasteiger charge is 2.12. The first kappa shape index (κ1) is 19.2. The number of hydrogen-bond acceptors (Lipinski definition) is 4. The van der Waals surface area contributed by atoms with Crippen molar-refractivity contribution in [3.8, 4) is 11.3 Å². The highest BCUT2D eigenvalue weighted by molar-refractivity contribution is 5.87. The number of hydrogen-bond donors (Lipinski definition) is 3. The van der Waals surface area contributed by atoms with Gasteiger partial charge in [0, 0.05) is 24.1 Å². The first-order valence-corrected chi connectivity index (χ1v) is 8.97. The number of benzene rings is 2. The molecule has 1 atom stereocenters. The second kappa shape index (κ2) is 8.85. The minimum atomic E-state index is -0.615. The van der Waals surface area contributed by atoms with Gasteiger partial charge in [-0.2, -0.15) is 0 Å². The fourth-order valence-electron chi connectivity index (χ4n) is 2.78. The number of nitrogens with zero attached hydrogens (tertiary/aromatic N) is 1. The molecule has 0 aliphatic rings. The highest BCUT2D eigenvalue weighted by Crippen LogP contribution is 2.20. The summed E-state index contributed by atoms with van der Waals surface area (Å²) in [7, 11) is 0. The van der Waals surface area contributed by atoms with Crippen LogP contribution in [-0.2, 0) is 11.2 Å². The Balaban J connectivity index is 1.50. The van der Waals surface area contributed by atoms with Crippen LogP contribution in [0.1, 0.15) is 30.8 Å². The maximum Gasteiger partial charge on any atom is 0.316 e. The van der Waals surface area contributed by atoms with Crippen molar-refractivity contribution in [1.82, 2.24) is 10.3 Å². The Labute approximate surface area is 163 Å². The van der Waals surface area contributed by atoms with E-state index in [2.05, 4.69) is 15.6 Å². The molecule has 0 aliphatic carbocycles. The average Bonchev–Trinajstić information content (AvgIpc) is 3.16. The summed E-state index contributed by atoms with van der Waals surface area (Å²) in [5.41, 5.74) is 7.56. The number of carbonyl (C=O) groups excluding carboxylic acids is 2. The number of amides is 3. The van der Waals surface area contributed by atoms with Gasteiger partial charge < -0.3 is 20.8 Å². The molecule has 28 heavy (non-hydrogen) atoms. The molecule has 4 N–H and O–H groups in total. The summed E-state index contributed by atoms with van der Waals surface area (Å²) >= 11 is 0. The van der Waals surface area contributed by atoms with E-state index in [1.807, 2.05) is 49.4 Å². The number of aromatic nitrogens is 1. The first-order chi connectivity index (χ1) is 13.5. The van der Waals surface area contributed by atoms with Crippen LogP contribution < -0.4 is 16.4 Å². The highest BCUT2D eigenvalue weighted by atomic mass is 16.4. The number of primary amides is 1. The Morgan fingerprint density at radius 2 is 1.82 bits per heavy atom. The van der Waals surface area contributed by atoms with Gasteiger partial charge in [0.25, 0.3) is 0 Å². The van der Waals surface area contributed by atoms with Gasteiger partial charge in [-0.25, -0.2) is 9.78 Å². The molecule has 0 unspecified atom stereocenters. The van der Waals surface area contributed by atoms with Gasteiger partial charge >= 0.3 is 6.03 Å². The van der Waals surface area contributed by atoms with Gasteiger partial charge in [-0.05, 0) is 24.6 Å². The van der Waals surface area contributed by atoms with Crippen LogP contribution in [0.25, 0.3) is 11.3 Å². The van der Waals surface area contributed by atoms with E-state index in [1.54, 1.807) is 18.3 Å². The fraction of sp³-hybridized carbons (Fsp3) is 0.190. The summed E-state index contributed by atoms with van der Waals surface area (Å²) in [6.07, 6.45) is 2.38. The molecule has 7 heteroatoms. The minimum Gasteiger partial charge on any atom is -0.441 e. The molecular formula is C21H22N4O3. The zero-order valence-electron chi connectivity index (χ0n) is 15.5. The number of rotatable bonds is 7. The quantitative estimate of drug-likeness (QED) is 0.583. The van der Waals surface area contributed by atoms with E-state index in [0.717, 1.165) is 11.1 Å². The largest absolute Gasteiger partial charge is 0.441 e. The second-order valence-electron chi connectivity index (χ2n) is 6.38. The van der Waals surface area contributed by atoms with Gasteiger partial charge in [-0.15, -0.1) is 0 Å². The maximum absolute atomic E-state index is 12.2. The number of nitrogens with one attached hydrogen (secondary N) is 2. The Bertz CT molecular complexity index is 936. The lowest BCUT2D eigenvalue weighted by Gasteiger charge is -2.14. The summed E-state index contributed by atoms with van der Waals surface area (Å²) in [6, 6.07) is 16.1. The van der Waals surface area contributed by atoms with E-state index in [4.69, 9.17) is 10.2 Å². The van der Waals surface area contributed by atoms with Crippen LogP contribution in [0.15, 0.2) is 65.2 Å². The van der Waals surface area contributed by atoms with Gasteiger partial charge in [0.15, 0.2) is 11.7 Å². The third-order valence-electron chi connectivity index (χ3n) is 4.23. The number of anilines is 1. The fourth-order valence-corrected chi connectivity index (χ4v) is 2.78. The molecule has 7 nitrogen and oxygen atoms in total. The number of urea groups is 1. The number of oxazole rings is 1. The van der Waals surface area contributed by atoms with E-state index in [1.165, 1.54) is 0 Å². The smallest absolute Gasteiger partial charge is 0.316 e. The molecular weight excluding hydrogens is 356 g/mol. The molecule has 0 aliphatic heterocycles. The van der Waals surface area contributed by atoms with Crippen LogP contribution in [0.2, 0.25) is 0 Å². The van der Waals surface area contributed by atoms with Crippen molar-refractivity contribution in [3.63, 3.8) is 0 Å². The lowest BCUT2D eigenvalue weighted by Crippen LogP contribution is -2.26. The Morgan fingerprint density at radius 3 is 2.50 bits per heavy atom. The summed E-state index contributed by atoms with van der Waals surface area (Å²) in [5, 5.41) is 5.44. The van der Waals surface area contributed by atoms with E-state index >= 15 is 0 Å². The molecule has 0 fully saturated rings. The van der Waals surface area contributed by atoms with Crippen LogP contribution in [0.5, 0.6) is 0 Å². The summed E-state index contributed by atoms with van der Waals surface area (Å²) in [6.45, 7) is 1.90. The zero-order valence-corrected chi connectivity index (χ0v) is 15.5. The Morgan fingerprint density at radius 1 is 1.11 bits per heavy atom. The molecule has 3 rings (SSSR count). The van der Waals surface area contributed by atoms with Crippen molar-refractivity contribution in [1.29, 1.82) is 0 Å². The third-order valence-corrected chi connectivity index (χ3v) is 4.23. The average molecular weight is 378 g/mol. The molecule has 0 spiro atoms. The van der Waals surface area contributed by atoms with Gasteiger partial charge in [0.05, 0.1) is 12.2 Å². The first-order valence-electron chi connectivity index (χ1n) is 8.97. The van der Waals surface area contributed by atoms with Crippen LogP contribution in [0.3, 0.4) is 0 Å². The van der Waals surface area contributed by atoms with Crippen LogP contribution >= 0.6 is 0 Å². The van der Waals surface area contributed by atoms with E-state index in [-0.39, 0.29) is 18.4 Å². The van der Waals surface area contributed by atoms with Gasteiger partial charge in [0.2, 0.25) is 5.91 Å². The van der Waals surface area contributed by atoms with Crippen molar-refractivity contribution in [2.45, 2.75) is 25.8 Å². The van der Waals surface area contributed by atoms with Crippen LogP contribution in [0, 0.1) is 0 Å². The summed E-state index contributed by atoms with van der Waals surface area (Å²) in [4.78, 5) is 27.3. The standard InChI is InChI=1S/C21H22N4O3/c1-14(15-7-9-17(10-8-15)25-21(22)27)24-19(26)11-12-20-23-13-18(28-20)16-5-3-2-4-6-16/h2-10,13-14H,11-12H2,1H3,(H,24,26)(H3,22,25,27)/t14-/m0/s1. The van der Waals surface area contributed by atoms with Crippen molar-refractivity contribution < 1.29 is 14.0 Å². The monoisotopic (exact) mass is 378 g/mol. The molecule has 144 valence electrons. The molecule has 0 saturated carbocycles. The van der Waals surface area contributed by atoms with Crippen molar-refractivity contribution >= 4 is 17.6 Å². The summed E-state index contributed by atoms with van der Waals surface area (Å²) < 4.78 is 5.72. The third kappa shape index (κ3) is 5.20. The van der Waals surface area contributed by atoms with E-state index in [9.17, 15) is 9.59 Å². The minimum absolute atomic E-state index is 0.0914. The lowest BCUT2D eigenvalue weighted by atomic mass is 10.1.